The Balaban J connectivity index is 2.84. The molecular weight excluding hydrogens is 168 g/mol. The van der Waals surface area contributed by atoms with E-state index in [1.54, 1.807) is 0 Å². The fourth-order valence-electron chi connectivity index (χ4n) is 0.765. The van der Waals surface area contributed by atoms with E-state index in [4.69, 9.17) is 0 Å². The van der Waals surface area contributed by atoms with E-state index < -0.39 is 12.4 Å². The van der Waals surface area contributed by atoms with Crippen LogP contribution in [0.4, 0.5) is 8.78 Å². The van der Waals surface area contributed by atoms with Gasteiger partial charge in [-0.3, -0.25) is 0 Å². The van der Waals surface area contributed by atoms with E-state index in [2.05, 4.69) is 9.72 Å². The van der Waals surface area contributed by atoms with E-state index >= 15 is 0 Å². The summed E-state index contributed by atoms with van der Waals surface area (Å²) in [6, 6.07) is 1.07. The second-order valence-electron chi connectivity index (χ2n) is 2.14. The largest absolute Gasteiger partial charge is 0.464 e. The zero-order valence-electron chi connectivity index (χ0n) is 6.30. The average molecular weight is 175 g/mol. The lowest BCUT2D eigenvalue weighted by Crippen LogP contribution is -2.00. The molecule has 0 aliphatic carbocycles. The molecule has 0 atom stereocenters. The molecule has 0 saturated heterocycles. The maximum absolute atomic E-state index is 12.0. The topological polar surface area (TPSA) is 42.1 Å². The lowest BCUT2D eigenvalue weighted by Gasteiger charge is -1.92. The Morgan fingerprint density at radius 2 is 2.33 bits per heavy atom. The van der Waals surface area contributed by atoms with E-state index in [0.29, 0.717) is 0 Å². The van der Waals surface area contributed by atoms with Crippen LogP contribution in [0.1, 0.15) is 22.5 Å². The molecule has 0 radical (unpaired) electrons. The summed E-state index contributed by atoms with van der Waals surface area (Å²) in [5.74, 6) is -0.651. The van der Waals surface area contributed by atoms with Crippen molar-refractivity contribution in [2.75, 3.05) is 7.11 Å². The van der Waals surface area contributed by atoms with Gasteiger partial charge in [-0.2, -0.15) is 0 Å². The molecule has 0 spiro atoms. The van der Waals surface area contributed by atoms with Gasteiger partial charge in [0.1, 0.15) is 5.69 Å². The number of aromatic amines is 1. The van der Waals surface area contributed by atoms with E-state index in [0.717, 1.165) is 12.3 Å². The van der Waals surface area contributed by atoms with Gasteiger partial charge in [-0.15, -0.1) is 0 Å². The third-order valence-electron chi connectivity index (χ3n) is 1.36. The molecule has 5 heteroatoms. The summed E-state index contributed by atoms with van der Waals surface area (Å²) < 4.78 is 28.3. The van der Waals surface area contributed by atoms with Crippen molar-refractivity contribution in [1.82, 2.24) is 4.98 Å². The number of carbonyl (C=O) groups is 1. The van der Waals surface area contributed by atoms with Crippen molar-refractivity contribution in [3.63, 3.8) is 0 Å². The van der Waals surface area contributed by atoms with Crippen molar-refractivity contribution in [3.05, 3.63) is 23.5 Å². The van der Waals surface area contributed by atoms with Gasteiger partial charge in [-0.05, 0) is 6.07 Å². The first-order valence-corrected chi connectivity index (χ1v) is 3.20. The highest BCUT2D eigenvalue weighted by Gasteiger charge is 2.13. The first-order chi connectivity index (χ1) is 5.65. The summed E-state index contributed by atoms with van der Waals surface area (Å²) in [5, 5.41) is 0. The molecule has 0 unspecified atom stereocenters. The van der Waals surface area contributed by atoms with Gasteiger partial charge in [0.2, 0.25) is 0 Å². The van der Waals surface area contributed by atoms with Crippen LogP contribution >= 0.6 is 0 Å². The van der Waals surface area contributed by atoms with Crippen molar-refractivity contribution < 1.29 is 18.3 Å². The summed E-state index contributed by atoms with van der Waals surface area (Å²) in [6.07, 6.45) is -1.49. The third kappa shape index (κ3) is 1.61. The molecule has 0 aliphatic heterocycles. The molecule has 0 saturated carbocycles. The van der Waals surface area contributed by atoms with Gasteiger partial charge in [0.05, 0.1) is 7.11 Å². The van der Waals surface area contributed by atoms with Gasteiger partial charge >= 0.3 is 5.97 Å². The van der Waals surface area contributed by atoms with Gasteiger partial charge in [-0.25, -0.2) is 13.6 Å². The number of rotatable bonds is 2. The van der Waals surface area contributed by atoms with Crippen molar-refractivity contribution in [1.29, 1.82) is 0 Å². The molecular formula is C7H7F2NO2. The minimum Gasteiger partial charge on any atom is -0.464 e. The first-order valence-electron chi connectivity index (χ1n) is 3.20. The average Bonchev–Trinajstić information content (AvgIpc) is 2.51. The lowest BCUT2D eigenvalue weighted by molar-refractivity contribution is 0.0595. The number of alkyl halides is 2. The number of methoxy groups -OCH3 is 1. The van der Waals surface area contributed by atoms with E-state index in [-0.39, 0.29) is 11.3 Å². The number of halogens is 2. The van der Waals surface area contributed by atoms with Crippen LogP contribution in [0.3, 0.4) is 0 Å². The SMILES string of the molecule is COC(=O)c1cc(C(F)F)c[nH]1. The summed E-state index contributed by atoms with van der Waals surface area (Å²) >= 11 is 0. The van der Waals surface area contributed by atoms with E-state index in [1.807, 2.05) is 0 Å². The second kappa shape index (κ2) is 3.34. The van der Waals surface area contributed by atoms with Crippen LogP contribution in [0.2, 0.25) is 0 Å². The molecule has 1 rings (SSSR count). The molecule has 66 valence electrons. The predicted molar refractivity (Wildman–Crippen MR) is 37.1 cm³/mol. The molecule has 1 aromatic heterocycles. The van der Waals surface area contributed by atoms with Crippen LogP contribution in [-0.4, -0.2) is 18.1 Å². The van der Waals surface area contributed by atoms with Gasteiger partial charge < -0.3 is 9.72 Å². The molecule has 1 heterocycles. The van der Waals surface area contributed by atoms with Gasteiger partial charge in [0.15, 0.2) is 0 Å². The number of ether oxygens (including phenoxy) is 1. The Labute approximate surface area is 67.3 Å². The van der Waals surface area contributed by atoms with Crippen LogP contribution in [-0.2, 0) is 4.74 Å². The molecule has 0 aromatic carbocycles. The monoisotopic (exact) mass is 175 g/mol. The minimum absolute atomic E-state index is 0.0350. The Kier molecular flexibility index (Phi) is 2.42. The zero-order valence-corrected chi connectivity index (χ0v) is 6.30. The molecule has 12 heavy (non-hydrogen) atoms. The van der Waals surface area contributed by atoms with Crippen LogP contribution in [0.5, 0.6) is 0 Å². The van der Waals surface area contributed by atoms with Gasteiger partial charge in [-0.1, -0.05) is 0 Å². The zero-order chi connectivity index (χ0) is 9.14. The van der Waals surface area contributed by atoms with Crippen molar-refractivity contribution >= 4 is 5.97 Å². The highest BCUT2D eigenvalue weighted by molar-refractivity contribution is 5.87. The van der Waals surface area contributed by atoms with Gasteiger partial charge in [0, 0.05) is 11.8 Å². The standard InChI is InChI=1S/C7H7F2NO2/c1-12-7(11)5-2-4(3-10-5)6(8)9/h2-3,6,10H,1H3. The van der Waals surface area contributed by atoms with Crippen LogP contribution in [0.25, 0.3) is 0 Å². The Morgan fingerprint density at radius 3 is 2.75 bits per heavy atom. The lowest BCUT2D eigenvalue weighted by atomic mass is 10.3. The molecule has 0 amide bonds. The molecule has 0 aliphatic rings. The van der Waals surface area contributed by atoms with E-state index in [1.165, 1.54) is 7.11 Å². The van der Waals surface area contributed by atoms with Crippen LogP contribution in [0.15, 0.2) is 12.3 Å². The highest BCUT2D eigenvalue weighted by Crippen LogP contribution is 2.19. The molecule has 1 aromatic rings. The molecule has 1 N–H and O–H groups in total. The number of hydrogen-bond donors (Lipinski definition) is 1. The highest BCUT2D eigenvalue weighted by atomic mass is 19.3. The van der Waals surface area contributed by atoms with Crippen molar-refractivity contribution in [3.8, 4) is 0 Å². The van der Waals surface area contributed by atoms with Crippen molar-refractivity contribution in [2.45, 2.75) is 6.43 Å². The number of aromatic nitrogens is 1. The smallest absolute Gasteiger partial charge is 0.354 e. The quantitative estimate of drug-likeness (QED) is 0.695. The summed E-state index contributed by atoms with van der Waals surface area (Å²) in [6.45, 7) is 0. The number of hydrogen-bond acceptors (Lipinski definition) is 2. The third-order valence-corrected chi connectivity index (χ3v) is 1.36. The normalized spacial score (nSPS) is 10.3. The maximum atomic E-state index is 12.0. The van der Waals surface area contributed by atoms with Crippen LogP contribution < -0.4 is 0 Å². The second-order valence-corrected chi connectivity index (χ2v) is 2.14. The summed E-state index contributed by atoms with van der Waals surface area (Å²) in [7, 11) is 1.19. The minimum atomic E-state index is -2.57. The maximum Gasteiger partial charge on any atom is 0.354 e. The molecule has 0 bridgehead atoms. The number of H-pyrrole nitrogens is 1. The summed E-state index contributed by atoms with van der Waals surface area (Å²) in [4.78, 5) is 13.1. The molecule has 0 fully saturated rings. The van der Waals surface area contributed by atoms with Gasteiger partial charge in [0.25, 0.3) is 6.43 Å². The summed E-state index contributed by atoms with van der Waals surface area (Å²) in [5.41, 5.74) is -0.178. The number of esters is 1. The Bertz CT molecular complexity index is 283. The number of carbonyl (C=O) groups excluding carboxylic acids is 1. The first kappa shape index (κ1) is 8.70. The van der Waals surface area contributed by atoms with Crippen molar-refractivity contribution in [2.24, 2.45) is 0 Å². The fraction of sp³-hybridized carbons (Fsp3) is 0.286. The predicted octanol–water partition coefficient (Wildman–Crippen LogP) is 1.74. The fourth-order valence-corrected chi connectivity index (χ4v) is 0.765. The molecule has 3 nitrogen and oxygen atoms in total. The van der Waals surface area contributed by atoms with Crippen LogP contribution in [0, 0.1) is 0 Å². The Hall–Kier alpha value is -1.39. The Morgan fingerprint density at radius 1 is 1.67 bits per heavy atom. The number of nitrogens with one attached hydrogen (secondary N) is 1. The van der Waals surface area contributed by atoms with E-state index in [9.17, 15) is 13.6 Å².